The predicted octanol–water partition coefficient (Wildman–Crippen LogP) is 2.94. The molecule has 1 fully saturated rings. The van der Waals surface area contributed by atoms with E-state index >= 15 is 0 Å². The average molecular weight is 207 g/mol. The Morgan fingerprint density at radius 1 is 1.47 bits per heavy atom. The Bertz CT molecular complexity index is 348. The first-order valence-electron chi connectivity index (χ1n) is 5.69. The number of likely N-dealkylation sites (tertiary alicyclic amines) is 1. The lowest BCUT2D eigenvalue weighted by molar-refractivity contribution is 0.354. The third-order valence-electron chi connectivity index (χ3n) is 3.37. The van der Waals surface area contributed by atoms with Crippen LogP contribution < -0.4 is 0 Å². The molecule has 1 nitrogen and oxygen atoms in total. The van der Waals surface area contributed by atoms with Crippen LogP contribution >= 0.6 is 0 Å². The van der Waals surface area contributed by atoms with E-state index in [1.54, 1.807) is 6.07 Å². The van der Waals surface area contributed by atoms with Crippen molar-refractivity contribution in [1.29, 1.82) is 0 Å². The van der Waals surface area contributed by atoms with Gasteiger partial charge in [0, 0.05) is 6.54 Å². The average Bonchev–Trinajstić information content (AvgIpc) is 2.70. The van der Waals surface area contributed by atoms with E-state index in [1.165, 1.54) is 18.5 Å². The van der Waals surface area contributed by atoms with Crippen LogP contribution in [-0.4, -0.2) is 24.5 Å². The molecule has 1 aliphatic rings. The van der Waals surface area contributed by atoms with E-state index < -0.39 is 0 Å². The molecular weight excluding hydrogens is 189 g/mol. The first-order chi connectivity index (χ1) is 7.20. The lowest BCUT2D eigenvalue weighted by Crippen LogP contribution is -2.19. The van der Waals surface area contributed by atoms with Crippen LogP contribution in [-0.2, 0) is 0 Å². The Morgan fingerprint density at radius 3 is 2.87 bits per heavy atom. The summed E-state index contributed by atoms with van der Waals surface area (Å²) in [6.07, 6.45) is 1.21. The van der Waals surface area contributed by atoms with Gasteiger partial charge in [0.2, 0.25) is 0 Å². The first kappa shape index (κ1) is 10.6. The van der Waals surface area contributed by atoms with Crippen molar-refractivity contribution in [2.45, 2.75) is 26.2 Å². The quantitative estimate of drug-likeness (QED) is 0.720. The van der Waals surface area contributed by atoms with Gasteiger partial charge in [-0.05, 0) is 49.5 Å². The Labute approximate surface area is 90.9 Å². The van der Waals surface area contributed by atoms with E-state index in [4.69, 9.17) is 0 Å². The Kier molecular flexibility index (Phi) is 3.06. The van der Waals surface area contributed by atoms with Gasteiger partial charge in [0.25, 0.3) is 0 Å². The van der Waals surface area contributed by atoms with Gasteiger partial charge in [0.15, 0.2) is 0 Å². The maximum absolute atomic E-state index is 13.1. The minimum atomic E-state index is -0.0934. The van der Waals surface area contributed by atoms with Crippen molar-refractivity contribution in [2.75, 3.05) is 19.6 Å². The highest BCUT2D eigenvalue weighted by molar-refractivity contribution is 5.27. The summed E-state index contributed by atoms with van der Waals surface area (Å²) >= 11 is 0. The molecule has 0 aliphatic carbocycles. The summed E-state index contributed by atoms with van der Waals surface area (Å²) in [7, 11) is 0. The van der Waals surface area contributed by atoms with Gasteiger partial charge in [-0.3, -0.25) is 0 Å². The van der Waals surface area contributed by atoms with E-state index in [2.05, 4.69) is 11.8 Å². The second-order valence-electron chi connectivity index (χ2n) is 4.39. The Morgan fingerprint density at radius 2 is 2.27 bits per heavy atom. The molecule has 0 amide bonds. The molecule has 1 atom stereocenters. The number of aryl methyl sites for hydroxylation is 1. The second-order valence-corrected chi connectivity index (χ2v) is 4.39. The Hall–Kier alpha value is -0.890. The summed E-state index contributed by atoms with van der Waals surface area (Å²) in [6, 6.07) is 5.53. The Balaban J connectivity index is 2.13. The second kappa shape index (κ2) is 4.31. The number of likely N-dealkylation sites (N-methyl/N-ethyl adjacent to an activating group) is 1. The molecule has 1 saturated heterocycles. The minimum absolute atomic E-state index is 0.0934. The van der Waals surface area contributed by atoms with Crippen LogP contribution in [0.5, 0.6) is 0 Å². The highest BCUT2D eigenvalue weighted by atomic mass is 19.1. The molecule has 1 aliphatic heterocycles. The summed E-state index contributed by atoms with van der Waals surface area (Å²) in [4.78, 5) is 2.45. The lowest BCUT2D eigenvalue weighted by Gasteiger charge is -2.13. The smallest absolute Gasteiger partial charge is 0.126 e. The number of hydrogen-bond acceptors (Lipinski definition) is 1. The normalized spacial score (nSPS) is 22.2. The summed E-state index contributed by atoms with van der Waals surface area (Å²) < 4.78 is 13.1. The minimum Gasteiger partial charge on any atom is -0.303 e. The summed E-state index contributed by atoms with van der Waals surface area (Å²) in [5.41, 5.74) is 2.06. The highest BCUT2D eigenvalue weighted by Gasteiger charge is 2.22. The summed E-state index contributed by atoms with van der Waals surface area (Å²) in [5.74, 6) is 0.508. The molecule has 2 rings (SSSR count). The molecule has 1 unspecified atom stereocenters. The van der Waals surface area contributed by atoms with Gasteiger partial charge in [0.1, 0.15) is 5.82 Å². The molecule has 1 aromatic carbocycles. The molecular formula is C13H18FN. The zero-order chi connectivity index (χ0) is 10.8. The largest absolute Gasteiger partial charge is 0.303 e. The molecule has 0 radical (unpaired) electrons. The van der Waals surface area contributed by atoms with E-state index in [-0.39, 0.29) is 5.82 Å². The van der Waals surface area contributed by atoms with Crippen LogP contribution in [0, 0.1) is 12.7 Å². The fraction of sp³-hybridized carbons (Fsp3) is 0.538. The highest BCUT2D eigenvalue weighted by Crippen LogP contribution is 2.27. The molecule has 15 heavy (non-hydrogen) atoms. The van der Waals surface area contributed by atoms with Gasteiger partial charge in [-0.25, -0.2) is 4.39 Å². The molecule has 2 heteroatoms. The van der Waals surface area contributed by atoms with E-state index in [0.29, 0.717) is 5.92 Å². The number of halogens is 1. The number of benzene rings is 1. The predicted molar refractivity (Wildman–Crippen MR) is 60.6 cm³/mol. The standard InChI is InChI=1S/C13H18FN/c1-3-15-7-6-12(9-15)11-4-5-13(14)10(2)8-11/h4-5,8,12H,3,6-7,9H2,1-2H3. The van der Waals surface area contributed by atoms with Gasteiger partial charge >= 0.3 is 0 Å². The van der Waals surface area contributed by atoms with Crippen molar-refractivity contribution >= 4 is 0 Å². The molecule has 0 spiro atoms. The van der Waals surface area contributed by atoms with Crippen molar-refractivity contribution in [3.05, 3.63) is 35.1 Å². The van der Waals surface area contributed by atoms with Gasteiger partial charge < -0.3 is 4.90 Å². The van der Waals surface area contributed by atoms with Crippen molar-refractivity contribution < 1.29 is 4.39 Å². The van der Waals surface area contributed by atoms with Crippen molar-refractivity contribution in [1.82, 2.24) is 4.90 Å². The van der Waals surface area contributed by atoms with Crippen LogP contribution in [0.15, 0.2) is 18.2 Å². The van der Waals surface area contributed by atoms with Gasteiger partial charge in [-0.2, -0.15) is 0 Å². The van der Waals surface area contributed by atoms with Gasteiger partial charge in [-0.1, -0.05) is 19.1 Å². The molecule has 0 aromatic heterocycles. The summed E-state index contributed by atoms with van der Waals surface area (Å²) in [6.45, 7) is 7.46. The van der Waals surface area contributed by atoms with Crippen LogP contribution in [0.25, 0.3) is 0 Å². The molecule has 1 heterocycles. The number of nitrogens with zero attached hydrogens (tertiary/aromatic N) is 1. The van der Waals surface area contributed by atoms with Gasteiger partial charge in [-0.15, -0.1) is 0 Å². The molecule has 0 saturated carbocycles. The third-order valence-corrected chi connectivity index (χ3v) is 3.37. The monoisotopic (exact) mass is 207 g/mol. The van der Waals surface area contributed by atoms with Gasteiger partial charge in [0.05, 0.1) is 0 Å². The third kappa shape index (κ3) is 2.20. The van der Waals surface area contributed by atoms with Crippen LogP contribution in [0.3, 0.4) is 0 Å². The molecule has 0 bridgehead atoms. The maximum atomic E-state index is 13.1. The van der Waals surface area contributed by atoms with Crippen molar-refractivity contribution in [2.24, 2.45) is 0 Å². The topological polar surface area (TPSA) is 3.24 Å². The van der Waals surface area contributed by atoms with E-state index in [9.17, 15) is 4.39 Å². The van der Waals surface area contributed by atoms with Crippen molar-refractivity contribution in [3.8, 4) is 0 Å². The fourth-order valence-electron chi connectivity index (χ4n) is 2.31. The molecule has 82 valence electrons. The lowest BCUT2D eigenvalue weighted by atomic mass is 9.97. The van der Waals surface area contributed by atoms with Crippen LogP contribution in [0.4, 0.5) is 4.39 Å². The first-order valence-corrected chi connectivity index (χ1v) is 5.69. The molecule has 1 aromatic rings. The zero-order valence-electron chi connectivity index (χ0n) is 9.46. The SMILES string of the molecule is CCN1CCC(c2ccc(F)c(C)c2)C1. The van der Waals surface area contributed by atoms with Crippen LogP contribution in [0.1, 0.15) is 30.4 Å². The number of hydrogen-bond donors (Lipinski definition) is 0. The molecule has 0 N–H and O–H groups in total. The van der Waals surface area contributed by atoms with E-state index in [0.717, 1.165) is 18.7 Å². The zero-order valence-corrected chi connectivity index (χ0v) is 9.46. The van der Waals surface area contributed by atoms with E-state index in [1.807, 2.05) is 19.1 Å². The maximum Gasteiger partial charge on any atom is 0.126 e. The fourth-order valence-corrected chi connectivity index (χ4v) is 2.31. The van der Waals surface area contributed by atoms with Crippen molar-refractivity contribution in [3.63, 3.8) is 0 Å². The van der Waals surface area contributed by atoms with Crippen LogP contribution in [0.2, 0.25) is 0 Å². The summed E-state index contributed by atoms with van der Waals surface area (Å²) in [5, 5.41) is 0. The number of rotatable bonds is 2.